The van der Waals surface area contributed by atoms with Gasteiger partial charge in [-0.15, -0.1) is 0 Å². The molecule has 0 fully saturated rings. The summed E-state index contributed by atoms with van der Waals surface area (Å²) in [4.78, 5) is 1.71. The van der Waals surface area contributed by atoms with Gasteiger partial charge in [-0.3, -0.25) is 0 Å². The minimum absolute atomic E-state index is 0.0766. The Hall–Kier alpha value is -6.90. The van der Waals surface area contributed by atoms with Crippen molar-refractivity contribution in [2.75, 3.05) is 4.90 Å². The summed E-state index contributed by atoms with van der Waals surface area (Å²) in [6.07, 6.45) is 0. The summed E-state index contributed by atoms with van der Waals surface area (Å²) >= 11 is 0. The number of para-hydroxylation sites is 1. The van der Waals surface area contributed by atoms with Crippen molar-refractivity contribution < 1.29 is 16.8 Å². The molecule has 0 aliphatic rings. The molecule has 1 heterocycles. The van der Waals surface area contributed by atoms with Gasteiger partial charge >= 0.3 is 0 Å². The summed E-state index contributed by atoms with van der Waals surface area (Å²) in [7, 11) is 0. The Bertz CT molecular complexity index is 3380. The van der Waals surface area contributed by atoms with E-state index >= 15 is 0 Å². The van der Waals surface area contributed by atoms with Gasteiger partial charge in [-0.2, -0.15) is 0 Å². The second-order valence-electron chi connectivity index (χ2n) is 12.6. The minimum Gasteiger partial charge on any atom is -0.455 e. The summed E-state index contributed by atoms with van der Waals surface area (Å²) in [5.41, 5.74) is 5.16. The zero-order valence-corrected chi connectivity index (χ0v) is 27.7. The van der Waals surface area contributed by atoms with E-state index in [9.17, 15) is 5.48 Å². The van der Waals surface area contributed by atoms with Gasteiger partial charge in [0.2, 0.25) is 0 Å². The maximum Gasteiger partial charge on any atom is 0.143 e. The van der Waals surface area contributed by atoms with Gasteiger partial charge in [0.15, 0.2) is 0 Å². The molecular weight excluding hydrogens is 631 g/mol. The lowest BCUT2D eigenvalue weighted by atomic mass is 9.96. The lowest BCUT2D eigenvalue weighted by molar-refractivity contribution is 0.673. The lowest BCUT2D eigenvalue weighted by Crippen LogP contribution is -2.11. The number of anilines is 3. The number of furan rings is 1. The third-order valence-electron chi connectivity index (χ3n) is 9.62. The molecule has 1 aromatic heterocycles. The second-order valence-corrected chi connectivity index (χ2v) is 12.6. The summed E-state index contributed by atoms with van der Waals surface area (Å²) in [5, 5.41) is 6.03. The number of hydrogen-bond acceptors (Lipinski definition) is 2. The van der Waals surface area contributed by atoms with E-state index in [2.05, 4.69) is 42.5 Å². The highest BCUT2D eigenvalue weighted by atomic mass is 16.3. The van der Waals surface area contributed by atoms with Crippen LogP contribution in [0.1, 0.15) is 12.3 Å². The molecule has 0 spiro atoms. The van der Waals surface area contributed by atoms with E-state index in [1.165, 1.54) is 0 Å². The molecule has 244 valence electrons. The average molecular weight is 673 g/mol. The fourth-order valence-corrected chi connectivity index (χ4v) is 7.15. The van der Waals surface area contributed by atoms with Gasteiger partial charge in [0, 0.05) is 33.1 Å². The van der Waals surface area contributed by atoms with E-state index in [-0.39, 0.29) is 11.3 Å². The molecule has 0 atom stereocenters. The van der Waals surface area contributed by atoms with Gasteiger partial charge in [-0.05, 0) is 92.5 Å². The quantitative estimate of drug-likeness (QED) is 0.175. The molecule has 10 rings (SSSR count). The molecule has 0 unspecified atom stereocenters. The lowest BCUT2D eigenvalue weighted by Gasteiger charge is -2.28. The fraction of sp³-hybridized carbons (Fsp3) is 0. The molecule has 2 nitrogen and oxygen atoms in total. The molecule has 0 saturated carbocycles. The van der Waals surface area contributed by atoms with Crippen LogP contribution in [0.15, 0.2) is 204 Å². The molecule has 0 aliphatic heterocycles. The summed E-state index contributed by atoms with van der Waals surface area (Å²) in [6, 6.07) is 42.6. The van der Waals surface area contributed by atoms with Crippen LogP contribution in [0, 0.1) is 0 Å². The number of hydrogen-bond donors (Lipinski definition) is 0. The SMILES string of the molecule is [2H]c1c([2H])c([2H])c(-c2c([2H])c([2H])c(N(c3ccc(-c4ccc5ccccc5c4)cc3)c3ccccc3-c3cccc4oc5c6ccccc6ccc5c34)c([2H])c2[2H])c([2H])c1[2H]. The van der Waals surface area contributed by atoms with Crippen LogP contribution < -0.4 is 4.90 Å². The summed E-state index contributed by atoms with van der Waals surface area (Å²) in [5.74, 6) is 0. The molecule has 0 N–H and O–H groups in total. The van der Waals surface area contributed by atoms with Crippen LogP contribution in [0.5, 0.6) is 0 Å². The Morgan fingerprint density at radius 3 is 1.94 bits per heavy atom. The molecule has 9 aromatic carbocycles. The first kappa shape index (κ1) is 22.0. The fourth-order valence-electron chi connectivity index (χ4n) is 7.15. The van der Waals surface area contributed by atoms with Crippen molar-refractivity contribution in [2.24, 2.45) is 0 Å². The van der Waals surface area contributed by atoms with E-state index in [1.807, 2.05) is 103 Å². The van der Waals surface area contributed by atoms with Gasteiger partial charge in [0.25, 0.3) is 0 Å². The summed E-state index contributed by atoms with van der Waals surface area (Å²) in [6.45, 7) is 0. The van der Waals surface area contributed by atoms with Crippen molar-refractivity contribution in [3.05, 3.63) is 200 Å². The van der Waals surface area contributed by atoms with E-state index in [0.29, 0.717) is 17.0 Å². The smallest absolute Gasteiger partial charge is 0.143 e. The third-order valence-corrected chi connectivity index (χ3v) is 9.62. The molecule has 0 radical (unpaired) electrons. The van der Waals surface area contributed by atoms with Crippen molar-refractivity contribution >= 4 is 60.5 Å². The molecule has 0 bridgehead atoms. The average Bonchev–Trinajstić information content (AvgIpc) is 3.69. The first-order valence-corrected chi connectivity index (χ1v) is 17.0. The number of benzene rings is 9. The highest BCUT2D eigenvalue weighted by Gasteiger charge is 2.21. The van der Waals surface area contributed by atoms with Gasteiger partial charge < -0.3 is 9.32 Å². The first-order chi connectivity index (χ1) is 29.5. The number of rotatable bonds is 6. The highest BCUT2D eigenvalue weighted by Crippen LogP contribution is 2.46. The molecular formula is C50H33NO. The number of nitrogens with zero attached hydrogens (tertiary/aromatic N) is 1. The Labute approximate surface area is 315 Å². The molecule has 10 aromatic rings. The van der Waals surface area contributed by atoms with Crippen molar-refractivity contribution in [3.63, 3.8) is 0 Å². The van der Waals surface area contributed by atoms with E-state index in [0.717, 1.165) is 60.2 Å². The van der Waals surface area contributed by atoms with E-state index in [4.69, 9.17) is 11.3 Å². The van der Waals surface area contributed by atoms with Gasteiger partial charge in [-0.1, -0.05) is 151 Å². The predicted molar refractivity (Wildman–Crippen MR) is 220 cm³/mol. The predicted octanol–water partition coefficient (Wildman–Crippen LogP) is 14.4. The van der Waals surface area contributed by atoms with Crippen LogP contribution in [0.4, 0.5) is 17.1 Å². The van der Waals surface area contributed by atoms with Crippen LogP contribution in [0.25, 0.3) is 76.9 Å². The maximum absolute atomic E-state index is 9.56. The van der Waals surface area contributed by atoms with Crippen molar-refractivity contribution in [2.45, 2.75) is 0 Å². The van der Waals surface area contributed by atoms with Crippen LogP contribution >= 0.6 is 0 Å². The molecule has 2 heteroatoms. The topological polar surface area (TPSA) is 16.4 Å². The van der Waals surface area contributed by atoms with Crippen LogP contribution in [-0.2, 0) is 0 Å². The van der Waals surface area contributed by atoms with E-state index in [1.54, 1.807) is 4.90 Å². The zero-order valence-electron chi connectivity index (χ0n) is 36.7. The molecule has 0 amide bonds. The van der Waals surface area contributed by atoms with Crippen LogP contribution in [-0.4, -0.2) is 0 Å². The summed E-state index contributed by atoms with van der Waals surface area (Å²) < 4.78 is 86.3. The largest absolute Gasteiger partial charge is 0.455 e. The molecule has 52 heavy (non-hydrogen) atoms. The van der Waals surface area contributed by atoms with Crippen molar-refractivity contribution in [3.8, 4) is 33.4 Å². The molecule has 0 aliphatic carbocycles. The van der Waals surface area contributed by atoms with Crippen LogP contribution in [0.3, 0.4) is 0 Å². The third kappa shape index (κ3) is 5.12. The van der Waals surface area contributed by atoms with Gasteiger partial charge in [-0.25, -0.2) is 0 Å². The minimum atomic E-state index is -0.632. The Balaban J connectivity index is 1.23. The zero-order chi connectivity index (χ0) is 42.3. The Kier molecular flexibility index (Phi) is 5.28. The monoisotopic (exact) mass is 672 g/mol. The first-order valence-electron chi connectivity index (χ1n) is 21.5. The standard InChI is InChI=1S/C50H33NO/c1-2-11-34(12-3-1)36-23-28-41(29-24-36)51(42-30-25-37(26-31-42)40-22-21-35-13-4-5-15-39(35)33-40)47-19-9-8-17-44(47)45-18-10-20-48-49(45)46-32-27-38-14-6-7-16-43(38)50(46)52-48/h1-33H/i1D,2D,3D,11D,12D,23D,24D,28D,29D. The Morgan fingerprint density at radius 2 is 1.10 bits per heavy atom. The highest BCUT2D eigenvalue weighted by molar-refractivity contribution is 6.19. The van der Waals surface area contributed by atoms with Crippen molar-refractivity contribution in [1.29, 1.82) is 0 Å². The Morgan fingerprint density at radius 1 is 0.423 bits per heavy atom. The van der Waals surface area contributed by atoms with Gasteiger partial charge in [0.05, 0.1) is 18.0 Å². The normalized spacial score (nSPS) is 13.9. The molecule has 0 saturated heterocycles. The van der Waals surface area contributed by atoms with E-state index < -0.39 is 59.9 Å². The van der Waals surface area contributed by atoms with Crippen molar-refractivity contribution in [1.82, 2.24) is 0 Å². The number of fused-ring (bicyclic) bond motifs is 6. The van der Waals surface area contributed by atoms with Crippen LogP contribution in [0.2, 0.25) is 0 Å². The maximum atomic E-state index is 9.56. The second kappa shape index (κ2) is 12.5. The van der Waals surface area contributed by atoms with Gasteiger partial charge in [0.1, 0.15) is 11.2 Å².